The topological polar surface area (TPSA) is 47.6 Å². The standard InChI is InChI=1S/C25H34Cl2N4O/c1-17(2)11-22(16-28-25(32)29-20-13-18(3)12-19(4)14-20)31-9-7-30(8-10-31)21-5-6-23(26)24(27)15-21/h5-6,12-15,17,22H,7-11,16H2,1-4H3,(H2,28,29,32). The van der Waals surface area contributed by atoms with Gasteiger partial charge in [0.1, 0.15) is 0 Å². The molecule has 0 aromatic heterocycles. The van der Waals surface area contributed by atoms with Crippen molar-refractivity contribution in [3.05, 3.63) is 57.6 Å². The first kappa shape index (κ1) is 24.7. The quantitative estimate of drug-likeness (QED) is 0.517. The minimum Gasteiger partial charge on any atom is -0.369 e. The lowest BCUT2D eigenvalue weighted by molar-refractivity contribution is 0.161. The first-order valence-electron chi connectivity index (χ1n) is 11.3. The summed E-state index contributed by atoms with van der Waals surface area (Å²) in [4.78, 5) is 17.4. The molecule has 0 aliphatic carbocycles. The average Bonchev–Trinajstić information content (AvgIpc) is 2.72. The molecular weight excluding hydrogens is 443 g/mol. The van der Waals surface area contributed by atoms with Gasteiger partial charge in [-0.3, -0.25) is 4.90 Å². The van der Waals surface area contributed by atoms with Gasteiger partial charge in [0.25, 0.3) is 0 Å². The van der Waals surface area contributed by atoms with Crippen LogP contribution in [0.2, 0.25) is 10.0 Å². The smallest absolute Gasteiger partial charge is 0.319 e. The summed E-state index contributed by atoms with van der Waals surface area (Å²) in [6.07, 6.45) is 1.04. The van der Waals surface area contributed by atoms with E-state index in [0.717, 1.165) is 55.1 Å². The third kappa shape index (κ3) is 7.03. The monoisotopic (exact) mass is 476 g/mol. The second kappa shape index (κ2) is 11.3. The van der Waals surface area contributed by atoms with Crippen LogP contribution in [0.1, 0.15) is 31.4 Å². The van der Waals surface area contributed by atoms with Gasteiger partial charge in [0, 0.05) is 50.1 Å². The molecule has 2 N–H and O–H groups in total. The largest absolute Gasteiger partial charge is 0.369 e. The number of nitrogens with zero attached hydrogens (tertiary/aromatic N) is 2. The molecule has 1 fully saturated rings. The van der Waals surface area contributed by atoms with Gasteiger partial charge in [-0.25, -0.2) is 4.79 Å². The lowest BCUT2D eigenvalue weighted by Crippen LogP contribution is -2.54. The molecule has 0 bridgehead atoms. The van der Waals surface area contributed by atoms with Gasteiger partial charge < -0.3 is 15.5 Å². The summed E-state index contributed by atoms with van der Waals surface area (Å²) >= 11 is 12.3. The number of hydrogen-bond acceptors (Lipinski definition) is 3. The van der Waals surface area contributed by atoms with E-state index in [0.29, 0.717) is 28.5 Å². The van der Waals surface area contributed by atoms with Crippen LogP contribution in [0.3, 0.4) is 0 Å². The number of hydrogen-bond donors (Lipinski definition) is 2. The van der Waals surface area contributed by atoms with E-state index in [4.69, 9.17) is 23.2 Å². The molecule has 1 unspecified atom stereocenters. The molecule has 2 aromatic carbocycles. The number of rotatable bonds is 7. The molecule has 5 nitrogen and oxygen atoms in total. The summed E-state index contributed by atoms with van der Waals surface area (Å²) in [5, 5.41) is 7.23. The Balaban J connectivity index is 1.55. The lowest BCUT2D eigenvalue weighted by Gasteiger charge is -2.41. The highest BCUT2D eigenvalue weighted by atomic mass is 35.5. The van der Waals surface area contributed by atoms with Crippen LogP contribution >= 0.6 is 23.2 Å². The Morgan fingerprint density at radius 1 is 0.969 bits per heavy atom. The van der Waals surface area contributed by atoms with Gasteiger partial charge in [-0.15, -0.1) is 0 Å². The Morgan fingerprint density at radius 3 is 2.22 bits per heavy atom. The van der Waals surface area contributed by atoms with Crippen molar-refractivity contribution in [2.75, 3.05) is 42.9 Å². The summed E-state index contributed by atoms with van der Waals surface area (Å²) in [5.74, 6) is 0.553. The molecule has 2 aromatic rings. The number of halogens is 2. The van der Waals surface area contributed by atoms with Crippen LogP contribution in [0.5, 0.6) is 0 Å². The van der Waals surface area contributed by atoms with Crippen LogP contribution in [0, 0.1) is 19.8 Å². The van der Waals surface area contributed by atoms with Crippen molar-refractivity contribution in [3.8, 4) is 0 Å². The molecule has 2 amide bonds. The fourth-order valence-corrected chi connectivity index (χ4v) is 4.66. The summed E-state index contributed by atoms with van der Waals surface area (Å²) < 4.78 is 0. The van der Waals surface area contributed by atoms with E-state index < -0.39 is 0 Å². The Kier molecular flexibility index (Phi) is 8.69. The van der Waals surface area contributed by atoms with Crippen LogP contribution in [-0.4, -0.2) is 49.7 Å². The Morgan fingerprint density at radius 2 is 1.62 bits per heavy atom. The van der Waals surface area contributed by atoms with E-state index in [1.165, 1.54) is 0 Å². The van der Waals surface area contributed by atoms with Gasteiger partial charge in [-0.2, -0.15) is 0 Å². The van der Waals surface area contributed by atoms with E-state index in [-0.39, 0.29) is 6.03 Å². The molecule has 32 heavy (non-hydrogen) atoms. The van der Waals surface area contributed by atoms with Crippen molar-refractivity contribution in [1.82, 2.24) is 10.2 Å². The molecule has 0 spiro atoms. The van der Waals surface area contributed by atoms with Crippen LogP contribution in [0.25, 0.3) is 0 Å². The van der Waals surface area contributed by atoms with Crippen LogP contribution < -0.4 is 15.5 Å². The molecule has 3 rings (SSSR count). The SMILES string of the molecule is Cc1cc(C)cc(NC(=O)NCC(CC(C)C)N2CCN(c3ccc(Cl)c(Cl)c3)CC2)c1. The fraction of sp³-hybridized carbons (Fsp3) is 0.480. The van der Waals surface area contributed by atoms with Crippen molar-refractivity contribution in [2.45, 2.75) is 40.2 Å². The van der Waals surface area contributed by atoms with Gasteiger partial charge in [-0.05, 0) is 67.6 Å². The number of carbonyl (C=O) groups excluding carboxylic acids is 1. The number of amides is 2. The molecule has 0 radical (unpaired) electrons. The van der Waals surface area contributed by atoms with Crippen LogP contribution in [-0.2, 0) is 0 Å². The molecule has 0 saturated carbocycles. The van der Waals surface area contributed by atoms with Crippen molar-refractivity contribution < 1.29 is 4.79 Å². The minimum absolute atomic E-state index is 0.154. The Hall–Kier alpha value is -1.95. The highest BCUT2D eigenvalue weighted by molar-refractivity contribution is 6.42. The van der Waals surface area contributed by atoms with E-state index >= 15 is 0 Å². The van der Waals surface area contributed by atoms with E-state index in [2.05, 4.69) is 40.3 Å². The molecule has 1 heterocycles. The van der Waals surface area contributed by atoms with Gasteiger partial charge >= 0.3 is 6.03 Å². The predicted octanol–water partition coefficient (Wildman–Crippen LogP) is 5.97. The molecular formula is C25H34Cl2N4O. The maximum absolute atomic E-state index is 12.5. The highest BCUT2D eigenvalue weighted by Crippen LogP contribution is 2.28. The zero-order chi connectivity index (χ0) is 23.3. The molecule has 7 heteroatoms. The molecule has 1 aliphatic heterocycles. The number of urea groups is 1. The maximum Gasteiger partial charge on any atom is 0.319 e. The average molecular weight is 477 g/mol. The zero-order valence-corrected chi connectivity index (χ0v) is 20.9. The number of nitrogens with one attached hydrogen (secondary N) is 2. The summed E-state index contributed by atoms with van der Waals surface area (Å²) in [5.41, 5.74) is 4.21. The van der Waals surface area contributed by atoms with E-state index in [9.17, 15) is 4.79 Å². The summed E-state index contributed by atoms with van der Waals surface area (Å²) in [6.45, 7) is 12.9. The summed E-state index contributed by atoms with van der Waals surface area (Å²) in [7, 11) is 0. The second-order valence-electron chi connectivity index (χ2n) is 9.12. The van der Waals surface area contributed by atoms with E-state index in [1.807, 2.05) is 44.2 Å². The van der Waals surface area contributed by atoms with Gasteiger partial charge in [-0.1, -0.05) is 43.1 Å². The van der Waals surface area contributed by atoms with Gasteiger partial charge in [0.2, 0.25) is 0 Å². The van der Waals surface area contributed by atoms with Crippen molar-refractivity contribution in [2.24, 2.45) is 5.92 Å². The summed E-state index contributed by atoms with van der Waals surface area (Å²) in [6, 6.07) is 12.0. The van der Waals surface area contributed by atoms with Crippen LogP contribution in [0.4, 0.5) is 16.2 Å². The third-order valence-corrected chi connectivity index (χ3v) is 6.56. The predicted molar refractivity (Wildman–Crippen MR) is 136 cm³/mol. The second-order valence-corrected chi connectivity index (χ2v) is 9.93. The van der Waals surface area contributed by atoms with Gasteiger partial charge in [0.05, 0.1) is 10.0 Å². The molecule has 1 atom stereocenters. The number of anilines is 2. The van der Waals surface area contributed by atoms with Crippen LogP contribution in [0.15, 0.2) is 36.4 Å². The molecule has 1 aliphatic rings. The lowest BCUT2D eigenvalue weighted by atomic mass is 10.0. The highest BCUT2D eigenvalue weighted by Gasteiger charge is 2.25. The normalized spacial score (nSPS) is 15.7. The number of piperazine rings is 1. The van der Waals surface area contributed by atoms with E-state index in [1.54, 1.807) is 0 Å². The number of aryl methyl sites for hydroxylation is 2. The first-order chi connectivity index (χ1) is 15.2. The van der Waals surface area contributed by atoms with Crippen molar-refractivity contribution in [3.63, 3.8) is 0 Å². The minimum atomic E-state index is -0.154. The number of carbonyl (C=O) groups is 1. The number of benzene rings is 2. The maximum atomic E-state index is 12.5. The zero-order valence-electron chi connectivity index (χ0n) is 19.4. The Bertz CT molecular complexity index is 906. The fourth-order valence-electron chi connectivity index (χ4n) is 4.37. The van der Waals surface area contributed by atoms with Crippen molar-refractivity contribution in [1.29, 1.82) is 0 Å². The third-order valence-electron chi connectivity index (χ3n) is 5.82. The molecule has 1 saturated heterocycles. The Labute approximate surface area is 202 Å². The van der Waals surface area contributed by atoms with Gasteiger partial charge in [0.15, 0.2) is 0 Å². The molecule has 174 valence electrons. The first-order valence-corrected chi connectivity index (χ1v) is 12.0. The van der Waals surface area contributed by atoms with Crippen molar-refractivity contribution >= 4 is 40.6 Å².